The summed E-state index contributed by atoms with van der Waals surface area (Å²) in [4.78, 5) is 24.4. The minimum Gasteiger partial charge on any atom is -0.464 e. The summed E-state index contributed by atoms with van der Waals surface area (Å²) >= 11 is 0. The van der Waals surface area contributed by atoms with Crippen molar-refractivity contribution in [3.05, 3.63) is 36.2 Å². The van der Waals surface area contributed by atoms with Crippen molar-refractivity contribution in [2.24, 2.45) is 0 Å². The zero-order chi connectivity index (χ0) is 16.9. The van der Waals surface area contributed by atoms with Gasteiger partial charge in [-0.1, -0.05) is 19.3 Å². The Morgan fingerprint density at radius 3 is 2.71 bits per heavy atom. The molecule has 1 fully saturated rings. The Bertz CT molecular complexity index is 697. The van der Waals surface area contributed by atoms with Gasteiger partial charge in [-0.15, -0.1) is 0 Å². The topological polar surface area (TPSA) is 73.5 Å². The first-order chi connectivity index (χ1) is 11.7. The van der Waals surface area contributed by atoms with Gasteiger partial charge in [0.05, 0.1) is 19.1 Å². The van der Waals surface area contributed by atoms with E-state index < -0.39 is 5.97 Å². The van der Waals surface area contributed by atoms with Crippen LogP contribution in [-0.4, -0.2) is 29.6 Å². The normalized spacial score (nSPS) is 15.2. The van der Waals surface area contributed by atoms with Crippen molar-refractivity contribution in [2.75, 3.05) is 7.11 Å². The lowest BCUT2D eigenvalue weighted by Gasteiger charge is -2.23. The Morgan fingerprint density at radius 1 is 1.25 bits per heavy atom. The molecule has 6 nitrogen and oxygen atoms in total. The van der Waals surface area contributed by atoms with Crippen LogP contribution in [-0.2, 0) is 16.1 Å². The van der Waals surface area contributed by atoms with Crippen LogP contribution in [0.5, 0.6) is 0 Å². The van der Waals surface area contributed by atoms with Gasteiger partial charge >= 0.3 is 5.97 Å². The van der Waals surface area contributed by atoms with E-state index in [2.05, 4.69) is 5.32 Å². The van der Waals surface area contributed by atoms with Gasteiger partial charge in [-0.05, 0) is 37.1 Å². The minimum absolute atomic E-state index is 0.0595. The predicted molar refractivity (Wildman–Crippen MR) is 88.5 cm³/mol. The largest absolute Gasteiger partial charge is 0.464 e. The van der Waals surface area contributed by atoms with Crippen LogP contribution in [0.2, 0.25) is 0 Å². The van der Waals surface area contributed by atoms with Gasteiger partial charge in [-0.25, -0.2) is 4.79 Å². The summed E-state index contributed by atoms with van der Waals surface area (Å²) in [6.07, 6.45) is 7.14. The molecule has 0 aliphatic heterocycles. The first-order valence-corrected chi connectivity index (χ1v) is 8.30. The maximum Gasteiger partial charge on any atom is 0.354 e. The molecule has 2 aromatic rings. The lowest BCUT2D eigenvalue weighted by Crippen LogP contribution is -2.38. The van der Waals surface area contributed by atoms with Crippen molar-refractivity contribution < 1.29 is 18.7 Å². The van der Waals surface area contributed by atoms with Crippen molar-refractivity contribution in [1.82, 2.24) is 9.88 Å². The number of furan rings is 1. The zero-order valence-corrected chi connectivity index (χ0v) is 13.8. The SMILES string of the molecule is COC(=O)c1ccc(-c2ccco2)n1CC(=O)NC1CCCCC1. The zero-order valence-electron chi connectivity index (χ0n) is 13.8. The Labute approximate surface area is 140 Å². The second-order valence-corrected chi connectivity index (χ2v) is 6.06. The van der Waals surface area contributed by atoms with Crippen LogP contribution in [0.15, 0.2) is 34.9 Å². The number of aromatic nitrogens is 1. The van der Waals surface area contributed by atoms with Crippen LogP contribution in [0.25, 0.3) is 11.5 Å². The van der Waals surface area contributed by atoms with E-state index in [1.54, 1.807) is 35.1 Å². The van der Waals surface area contributed by atoms with Gasteiger partial charge in [0, 0.05) is 6.04 Å². The van der Waals surface area contributed by atoms with Gasteiger partial charge in [0.2, 0.25) is 5.91 Å². The van der Waals surface area contributed by atoms with Crippen LogP contribution in [0.3, 0.4) is 0 Å². The van der Waals surface area contributed by atoms with Gasteiger partial charge in [0.1, 0.15) is 18.0 Å². The number of carbonyl (C=O) groups is 2. The summed E-state index contributed by atoms with van der Waals surface area (Å²) in [6.45, 7) is 0.0595. The van der Waals surface area contributed by atoms with E-state index in [1.165, 1.54) is 13.5 Å². The number of amides is 1. The number of carbonyl (C=O) groups excluding carboxylic acids is 2. The second kappa shape index (κ2) is 7.38. The number of esters is 1. The van der Waals surface area contributed by atoms with Crippen molar-refractivity contribution in [3.63, 3.8) is 0 Å². The van der Waals surface area contributed by atoms with Crippen LogP contribution in [0, 0.1) is 0 Å². The van der Waals surface area contributed by atoms with E-state index in [0.717, 1.165) is 25.7 Å². The molecule has 0 saturated heterocycles. The smallest absolute Gasteiger partial charge is 0.354 e. The summed E-state index contributed by atoms with van der Waals surface area (Å²) < 4.78 is 11.9. The molecule has 1 aliphatic carbocycles. The van der Waals surface area contributed by atoms with Gasteiger partial charge in [0.15, 0.2) is 0 Å². The van der Waals surface area contributed by atoms with Gasteiger partial charge in [0.25, 0.3) is 0 Å². The Kier molecular flexibility index (Phi) is 5.03. The van der Waals surface area contributed by atoms with Gasteiger partial charge in [-0.3, -0.25) is 4.79 Å². The molecule has 1 saturated carbocycles. The molecule has 3 rings (SSSR count). The minimum atomic E-state index is -0.474. The molecular weight excluding hydrogens is 308 g/mol. The summed E-state index contributed by atoms with van der Waals surface area (Å²) in [5.41, 5.74) is 1.02. The number of hydrogen-bond acceptors (Lipinski definition) is 4. The van der Waals surface area contributed by atoms with E-state index in [9.17, 15) is 9.59 Å². The molecule has 2 heterocycles. The highest BCUT2D eigenvalue weighted by Gasteiger charge is 2.21. The molecule has 0 atom stereocenters. The van der Waals surface area contributed by atoms with Crippen molar-refractivity contribution in [1.29, 1.82) is 0 Å². The number of hydrogen-bond donors (Lipinski definition) is 1. The van der Waals surface area contributed by atoms with Crippen molar-refractivity contribution in [3.8, 4) is 11.5 Å². The van der Waals surface area contributed by atoms with Crippen molar-refractivity contribution >= 4 is 11.9 Å². The second-order valence-electron chi connectivity index (χ2n) is 6.06. The van der Waals surface area contributed by atoms with E-state index in [-0.39, 0.29) is 18.5 Å². The van der Waals surface area contributed by atoms with Gasteiger partial charge < -0.3 is 19.0 Å². The highest BCUT2D eigenvalue weighted by Crippen LogP contribution is 2.24. The van der Waals surface area contributed by atoms with Gasteiger partial charge in [-0.2, -0.15) is 0 Å². The van der Waals surface area contributed by atoms with Crippen LogP contribution in [0.1, 0.15) is 42.6 Å². The molecule has 2 aromatic heterocycles. The third kappa shape index (κ3) is 3.53. The third-order valence-corrected chi connectivity index (χ3v) is 4.42. The molecule has 0 spiro atoms. The molecule has 128 valence electrons. The molecule has 1 aliphatic rings. The monoisotopic (exact) mass is 330 g/mol. The Hall–Kier alpha value is -2.50. The summed E-state index contributed by atoms with van der Waals surface area (Å²) in [5.74, 6) is 0.0324. The summed E-state index contributed by atoms with van der Waals surface area (Å²) in [6, 6.07) is 7.21. The number of rotatable bonds is 5. The van der Waals surface area contributed by atoms with E-state index in [0.29, 0.717) is 17.1 Å². The lowest BCUT2D eigenvalue weighted by atomic mass is 9.95. The highest BCUT2D eigenvalue weighted by molar-refractivity contribution is 5.90. The standard InChI is InChI=1S/C18H22N2O4/c1-23-18(22)15-10-9-14(16-8-5-11-24-16)20(15)12-17(21)19-13-6-3-2-4-7-13/h5,8-11,13H,2-4,6-7,12H2,1H3,(H,19,21). The van der Waals surface area contributed by atoms with Crippen LogP contribution < -0.4 is 5.32 Å². The fourth-order valence-corrected chi connectivity index (χ4v) is 3.22. The molecule has 1 N–H and O–H groups in total. The Morgan fingerprint density at radius 2 is 2.04 bits per heavy atom. The molecular formula is C18H22N2O4. The Balaban J connectivity index is 1.80. The molecule has 0 radical (unpaired) electrons. The molecule has 1 amide bonds. The van der Waals surface area contributed by atoms with Crippen LogP contribution in [0.4, 0.5) is 0 Å². The average molecular weight is 330 g/mol. The molecule has 0 unspecified atom stereocenters. The lowest BCUT2D eigenvalue weighted by molar-refractivity contribution is -0.122. The molecule has 24 heavy (non-hydrogen) atoms. The maximum absolute atomic E-state index is 12.4. The van der Waals surface area contributed by atoms with Crippen LogP contribution >= 0.6 is 0 Å². The number of ether oxygens (including phenoxy) is 1. The molecule has 0 bridgehead atoms. The summed E-state index contributed by atoms with van der Waals surface area (Å²) in [7, 11) is 1.33. The molecule has 0 aromatic carbocycles. The van der Waals surface area contributed by atoms with E-state index >= 15 is 0 Å². The number of methoxy groups -OCH3 is 1. The first-order valence-electron chi connectivity index (χ1n) is 8.30. The fourth-order valence-electron chi connectivity index (χ4n) is 3.22. The predicted octanol–water partition coefficient (Wildman–Crippen LogP) is 2.98. The third-order valence-electron chi connectivity index (χ3n) is 4.42. The first kappa shape index (κ1) is 16.4. The van der Waals surface area contributed by atoms with E-state index in [4.69, 9.17) is 9.15 Å². The highest BCUT2D eigenvalue weighted by atomic mass is 16.5. The van der Waals surface area contributed by atoms with E-state index in [1.807, 2.05) is 0 Å². The quantitative estimate of drug-likeness (QED) is 0.855. The number of nitrogens with zero attached hydrogens (tertiary/aromatic N) is 1. The number of nitrogens with one attached hydrogen (secondary N) is 1. The summed E-state index contributed by atoms with van der Waals surface area (Å²) in [5, 5.41) is 3.07. The molecule has 6 heteroatoms. The maximum atomic E-state index is 12.4. The van der Waals surface area contributed by atoms with Crippen molar-refractivity contribution in [2.45, 2.75) is 44.7 Å². The fraction of sp³-hybridized carbons (Fsp3) is 0.444. The average Bonchev–Trinajstić information content (AvgIpc) is 3.24.